The maximum Gasteiger partial charge on any atom is 0.333 e. The molecule has 15 heteroatoms. The third kappa shape index (κ3) is 6.41. The molecule has 1 heterocycles. The molecule has 1 aliphatic heterocycles. The number of anilines is 1. The lowest BCUT2D eigenvalue weighted by molar-refractivity contribution is -0.383. The average molecular weight is 470 g/mol. The molecule has 1 aliphatic rings. The maximum atomic E-state index is 11.8. The number of carbonyl (C=O) groups excluding carboxylic acids is 3. The van der Waals surface area contributed by atoms with Crippen LogP contribution in [0.15, 0.2) is 23.3 Å². The van der Waals surface area contributed by atoms with Crippen molar-refractivity contribution in [3.63, 3.8) is 0 Å². The fourth-order valence-electron chi connectivity index (χ4n) is 2.82. The highest BCUT2D eigenvalue weighted by Gasteiger charge is 2.48. The third-order valence-electron chi connectivity index (χ3n) is 4.35. The van der Waals surface area contributed by atoms with E-state index >= 15 is 0 Å². The van der Waals surface area contributed by atoms with Crippen molar-refractivity contribution in [1.29, 1.82) is 0 Å². The Hall–Kier alpha value is -3.68. The molecule has 1 atom stereocenters. The van der Waals surface area contributed by atoms with Crippen LogP contribution in [-0.2, 0) is 29.3 Å². The summed E-state index contributed by atoms with van der Waals surface area (Å²) in [5, 5.41) is 15.8. The monoisotopic (exact) mass is 470 g/mol. The SMILES string of the molecule is C=[N+]=Nc1ccc(NCCCCCC(=O)ON2C(=O)CC(S(=O)(=O)O)C2=O)c([N+](=O)[O-])c1. The summed E-state index contributed by atoms with van der Waals surface area (Å²) in [6.45, 7) is 3.55. The number of nitrogens with one attached hydrogen (secondary N) is 1. The van der Waals surface area contributed by atoms with Crippen LogP contribution in [0.1, 0.15) is 32.1 Å². The van der Waals surface area contributed by atoms with Crippen molar-refractivity contribution < 1.29 is 41.9 Å². The molecule has 1 unspecified atom stereocenters. The number of benzene rings is 1. The molecule has 2 rings (SSSR count). The van der Waals surface area contributed by atoms with Crippen LogP contribution in [-0.4, -0.2) is 64.0 Å². The summed E-state index contributed by atoms with van der Waals surface area (Å²) in [5.41, 5.74) is 0.395. The number of imide groups is 1. The van der Waals surface area contributed by atoms with Gasteiger partial charge in [0.1, 0.15) is 10.8 Å². The molecular weight excluding hydrogens is 450 g/mol. The second-order valence-corrected chi connectivity index (χ2v) is 8.23. The molecule has 0 saturated carbocycles. The maximum absolute atomic E-state index is 11.8. The summed E-state index contributed by atoms with van der Waals surface area (Å²) in [6.07, 6.45) is 0.417. The first-order valence-electron chi connectivity index (χ1n) is 9.27. The molecule has 172 valence electrons. The zero-order valence-electron chi connectivity index (χ0n) is 16.7. The van der Waals surface area contributed by atoms with Gasteiger partial charge in [0.25, 0.3) is 34.3 Å². The van der Waals surface area contributed by atoms with E-state index in [1.165, 1.54) is 18.2 Å². The van der Waals surface area contributed by atoms with E-state index in [-0.39, 0.29) is 28.5 Å². The molecule has 0 radical (unpaired) electrons. The van der Waals surface area contributed by atoms with E-state index in [1.807, 2.05) is 0 Å². The fourth-order valence-corrected chi connectivity index (χ4v) is 3.52. The van der Waals surface area contributed by atoms with E-state index < -0.39 is 44.5 Å². The van der Waals surface area contributed by atoms with E-state index in [1.54, 1.807) is 0 Å². The summed E-state index contributed by atoms with van der Waals surface area (Å²) in [6, 6.07) is 4.28. The number of amides is 2. The van der Waals surface area contributed by atoms with Crippen LogP contribution in [0.2, 0.25) is 0 Å². The van der Waals surface area contributed by atoms with Gasteiger partial charge in [0.05, 0.1) is 17.4 Å². The van der Waals surface area contributed by atoms with Gasteiger partial charge in [-0.1, -0.05) is 6.42 Å². The van der Waals surface area contributed by atoms with Gasteiger partial charge in [-0.2, -0.15) is 8.42 Å². The highest BCUT2D eigenvalue weighted by atomic mass is 32.2. The molecule has 1 fully saturated rings. The largest absolute Gasteiger partial charge is 0.379 e. The van der Waals surface area contributed by atoms with Gasteiger partial charge in [-0.3, -0.25) is 24.3 Å². The first kappa shape index (κ1) is 24.6. The summed E-state index contributed by atoms with van der Waals surface area (Å²) < 4.78 is 31.0. The predicted octanol–water partition coefficient (Wildman–Crippen LogP) is 1.03. The van der Waals surface area contributed by atoms with E-state index in [0.29, 0.717) is 25.8 Å². The summed E-state index contributed by atoms with van der Waals surface area (Å²) in [5.74, 6) is -3.28. The summed E-state index contributed by atoms with van der Waals surface area (Å²) in [4.78, 5) is 53.8. The third-order valence-corrected chi connectivity index (χ3v) is 5.44. The van der Waals surface area contributed by atoms with Crippen LogP contribution in [0.25, 0.3) is 0 Å². The number of hydrogen-bond donors (Lipinski definition) is 2. The average Bonchev–Trinajstić information content (AvgIpc) is 3.00. The lowest BCUT2D eigenvalue weighted by Crippen LogP contribution is -2.36. The van der Waals surface area contributed by atoms with Crippen molar-refractivity contribution in [2.75, 3.05) is 11.9 Å². The molecule has 2 N–H and O–H groups in total. The Bertz CT molecular complexity index is 1080. The summed E-state index contributed by atoms with van der Waals surface area (Å²) >= 11 is 0. The molecule has 32 heavy (non-hydrogen) atoms. The second kappa shape index (κ2) is 10.6. The fraction of sp³-hybridized carbons (Fsp3) is 0.412. The van der Waals surface area contributed by atoms with Gasteiger partial charge in [0, 0.05) is 17.8 Å². The number of hydroxylamine groups is 2. The Labute approximate surface area is 181 Å². The number of carbonyl (C=O) groups is 3. The minimum Gasteiger partial charge on any atom is -0.379 e. The van der Waals surface area contributed by atoms with Crippen molar-refractivity contribution in [2.24, 2.45) is 5.11 Å². The summed E-state index contributed by atoms with van der Waals surface area (Å²) in [7, 11) is -4.78. The molecular formula is C17H20N5O9S+. The van der Waals surface area contributed by atoms with Gasteiger partial charge >= 0.3 is 5.97 Å². The molecule has 0 aliphatic carbocycles. The van der Waals surface area contributed by atoms with Crippen molar-refractivity contribution in [2.45, 2.75) is 37.4 Å². The van der Waals surface area contributed by atoms with Gasteiger partial charge in [-0.15, -0.1) is 5.06 Å². The normalized spacial score (nSPS) is 15.9. The first-order valence-corrected chi connectivity index (χ1v) is 10.8. The van der Waals surface area contributed by atoms with E-state index in [2.05, 4.69) is 26.8 Å². The number of rotatable bonds is 11. The van der Waals surface area contributed by atoms with Crippen LogP contribution < -0.4 is 5.32 Å². The molecule has 1 aromatic rings. The van der Waals surface area contributed by atoms with Crippen LogP contribution in [0, 0.1) is 10.1 Å². The van der Waals surface area contributed by atoms with Gasteiger partial charge in [0.2, 0.25) is 0 Å². The van der Waals surface area contributed by atoms with Crippen molar-refractivity contribution in [3.05, 3.63) is 28.3 Å². The number of nitrogens with zero attached hydrogens (tertiary/aromatic N) is 4. The van der Waals surface area contributed by atoms with Gasteiger partial charge in [0.15, 0.2) is 10.9 Å². The van der Waals surface area contributed by atoms with Gasteiger partial charge in [-0.05, 0) is 25.0 Å². The number of unbranched alkanes of at least 4 members (excludes halogenated alkanes) is 2. The molecule has 2 amide bonds. The Balaban J connectivity index is 1.75. The molecule has 0 bridgehead atoms. The zero-order valence-corrected chi connectivity index (χ0v) is 17.5. The van der Waals surface area contributed by atoms with Crippen LogP contribution in [0.3, 0.4) is 0 Å². The molecule has 14 nitrogen and oxygen atoms in total. The lowest BCUT2D eigenvalue weighted by atomic mass is 10.2. The standard InChI is InChI=1S/C17H19N5O9S/c1-18-20-11-6-7-12(13(9-11)22(26)27)19-8-4-2-3-5-16(24)31-21-15(23)10-14(17(21)25)32(28,29)30/h6-7,9,14H,1-5,8,10H2,(H,28,29,30)/p+1. The number of nitro groups is 1. The Morgan fingerprint density at radius 1 is 1.38 bits per heavy atom. The predicted molar refractivity (Wildman–Crippen MR) is 107 cm³/mol. The highest BCUT2D eigenvalue weighted by molar-refractivity contribution is 7.87. The zero-order chi connectivity index (χ0) is 23.9. The minimum absolute atomic E-state index is 0.0548. The second-order valence-electron chi connectivity index (χ2n) is 6.63. The van der Waals surface area contributed by atoms with Crippen molar-refractivity contribution >= 4 is 51.7 Å². The smallest absolute Gasteiger partial charge is 0.333 e. The van der Waals surface area contributed by atoms with Crippen LogP contribution in [0.4, 0.5) is 17.1 Å². The quantitative estimate of drug-likeness (QED) is 0.0687. The van der Waals surface area contributed by atoms with E-state index in [9.17, 15) is 32.9 Å². The van der Waals surface area contributed by atoms with E-state index in [4.69, 9.17) is 4.55 Å². The number of nitro benzene ring substituents is 1. The topological polar surface area (TPSA) is 200 Å². The van der Waals surface area contributed by atoms with Gasteiger partial charge < -0.3 is 10.2 Å². The molecule has 1 aromatic carbocycles. The lowest BCUT2D eigenvalue weighted by Gasteiger charge is -2.13. The number of hydrogen-bond acceptors (Lipinski definition) is 10. The Kier molecular flexibility index (Phi) is 8.12. The Morgan fingerprint density at radius 2 is 2.09 bits per heavy atom. The van der Waals surface area contributed by atoms with Crippen LogP contribution in [0.5, 0.6) is 0 Å². The van der Waals surface area contributed by atoms with Gasteiger partial charge in [-0.25, -0.2) is 4.79 Å². The Morgan fingerprint density at radius 3 is 2.69 bits per heavy atom. The van der Waals surface area contributed by atoms with E-state index in [0.717, 1.165) is 0 Å². The van der Waals surface area contributed by atoms with Crippen molar-refractivity contribution in [1.82, 2.24) is 5.06 Å². The van der Waals surface area contributed by atoms with Crippen molar-refractivity contribution in [3.8, 4) is 0 Å². The minimum atomic E-state index is -4.78. The first-order chi connectivity index (χ1) is 15.0. The molecule has 0 aromatic heterocycles. The molecule has 1 saturated heterocycles. The molecule has 0 spiro atoms. The van der Waals surface area contributed by atoms with Crippen LogP contribution >= 0.6 is 0 Å². The highest BCUT2D eigenvalue weighted by Crippen LogP contribution is 2.29.